The molecular weight excluding hydrogens is 298 g/mol. The molecular formula is C17H14ClN3O. The van der Waals surface area contributed by atoms with Crippen molar-refractivity contribution in [2.45, 2.75) is 6.04 Å². The van der Waals surface area contributed by atoms with Crippen LogP contribution in [0.5, 0.6) is 0 Å². The van der Waals surface area contributed by atoms with Crippen molar-refractivity contribution >= 4 is 29.0 Å². The van der Waals surface area contributed by atoms with Crippen LogP contribution in [0.25, 0.3) is 0 Å². The zero-order valence-corrected chi connectivity index (χ0v) is 12.5. The van der Waals surface area contributed by atoms with E-state index in [-0.39, 0.29) is 11.9 Å². The number of benzene rings is 2. The number of piperazine rings is 1. The minimum atomic E-state index is -0.0338. The van der Waals surface area contributed by atoms with E-state index in [0.29, 0.717) is 18.1 Å². The number of hydrogen-bond donors (Lipinski definition) is 1. The van der Waals surface area contributed by atoms with Gasteiger partial charge in [0.05, 0.1) is 24.8 Å². The number of amides is 1. The third-order valence-electron chi connectivity index (χ3n) is 4.05. The van der Waals surface area contributed by atoms with Crippen molar-refractivity contribution in [3.63, 3.8) is 0 Å². The van der Waals surface area contributed by atoms with E-state index in [0.717, 1.165) is 22.6 Å². The fourth-order valence-corrected chi connectivity index (χ4v) is 3.25. The maximum absolute atomic E-state index is 11.8. The number of aliphatic imine (C=N–C) groups is 1. The van der Waals surface area contributed by atoms with E-state index in [1.807, 2.05) is 36.4 Å². The van der Waals surface area contributed by atoms with Crippen LogP contribution in [0.15, 0.2) is 53.5 Å². The van der Waals surface area contributed by atoms with Crippen molar-refractivity contribution in [1.82, 2.24) is 10.2 Å². The predicted octanol–water partition coefficient (Wildman–Crippen LogP) is 2.90. The molecule has 110 valence electrons. The third-order valence-corrected chi connectivity index (χ3v) is 4.28. The van der Waals surface area contributed by atoms with E-state index in [4.69, 9.17) is 11.6 Å². The molecule has 0 saturated carbocycles. The first-order valence-electron chi connectivity index (χ1n) is 7.18. The molecule has 2 aromatic rings. The number of nitrogens with zero attached hydrogens (tertiary/aromatic N) is 2. The highest BCUT2D eigenvalue weighted by molar-refractivity contribution is 6.30. The fourth-order valence-electron chi connectivity index (χ4n) is 3.07. The summed E-state index contributed by atoms with van der Waals surface area (Å²) in [5, 5.41) is 3.54. The Morgan fingerprint density at radius 1 is 1.18 bits per heavy atom. The Balaban J connectivity index is 1.91. The van der Waals surface area contributed by atoms with Crippen molar-refractivity contribution in [2.24, 2.45) is 4.99 Å². The van der Waals surface area contributed by atoms with Gasteiger partial charge in [-0.15, -0.1) is 0 Å². The normalized spacial score (nSPS) is 19.9. The van der Waals surface area contributed by atoms with Gasteiger partial charge in [0, 0.05) is 10.6 Å². The van der Waals surface area contributed by atoms with Crippen LogP contribution in [0.2, 0.25) is 5.02 Å². The van der Waals surface area contributed by atoms with Gasteiger partial charge < -0.3 is 10.2 Å². The molecule has 1 atom stereocenters. The first-order valence-corrected chi connectivity index (χ1v) is 7.55. The number of carbonyl (C=O) groups excluding carboxylic acids is 1. The second kappa shape index (κ2) is 5.14. The lowest BCUT2D eigenvalue weighted by Crippen LogP contribution is -2.53. The quantitative estimate of drug-likeness (QED) is 0.880. The van der Waals surface area contributed by atoms with Gasteiger partial charge in [-0.05, 0) is 23.8 Å². The van der Waals surface area contributed by atoms with E-state index in [9.17, 15) is 4.79 Å². The largest absolute Gasteiger partial charge is 0.347 e. The fraction of sp³-hybridized carbons (Fsp3) is 0.176. The Morgan fingerprint density at radius 2 is 2.00 bits per heavy atom. The van der Waals surface area contributed by atoms with Gasteiger partial charge in [0.1, 0.15) is 5.84 Å². The average Bonchev–Trinajstić information content (AvgIpc) is 2.54. The Kier molecular flexibility index (Phi) is 3.12. The lowest BCUT2D eigenvalue weighted by Gasteiger charge is -2.40. The number of halogens is 1. The summed E-state index contributed by atoms with van der Waals surface area (Å²) in [5.41, 5.74) is 3.09. The summed E-state index contributed by atoms with van der Waals surface area (Å²) < 4.78 is 0. The third kappa shape index (κ3) is 2.16. The molecule has 1 amide bonds. The standard InChI is InChI=1S/C17H14ClN3O/c18-12-6-7-14-13(8-12)17(11-4-2-1-3-5-11)21-10-16(22)19-9-15(21)20-14/h1-8,17H,9-10H2,(H,19,22)/t17-/m1/s1. The molecule has 0 radical (unpaired) electrons. The van der Waals surface area contributed by atoms with Crippen LogP contribution in [0.3, 0.4) is 0 Å². The molecule has 0 unspecified atom stereocenters. The summed E-state index contributed by atoms with van der Waals surface area (Å²) >= 11 is 6.19. The molecule has 5 heteroatoms. The molecule has 22 heavy (non-hydrogen) atoms. The van der Waals surface area contributed by atoms with Crippen LogP contribution in [0.4, 0.5) is 5.69 Å². The highest BCUT2D eigenvalue weighted by atomic mass is 35.5. The predicted molar refractivity (Wildman–Crippen MR) is 86.5 cm³/mol. The smallest absolute Gasteiger partial charge is 0.239 e. The zero-order chi connectivity index (χ0) is 15.1. The van der Waals surface area contributed by atoms with Crippen molar-refractivity contribution in [3.8, 4) is 0 Å². The van der Waals surface area contributed by atoms with Gasteiger partial charge in [-0.2, -0.15) is 0 Å². The van der Waals surface area contributed by atoms with Gasteiger partial charge in [-0.3, -0.25) is 4.79 Å². The SMILES string of the molecule is O=C1CN2C(=Nc3ccc(Cl)cc3[C@H]2c2ccccc2)CN1. The Morgan fingerprint density at radius 3 is 2.82 bits per heavy atom. The second-order valence-electron chi connectivity index (χ2n) is 5.45. The molecule has 0 aliphatic carbocycles. The maximum atomic E-state index is 11.8. The van der Waals surface area contributed by atoms with Crippen molar-refractivity contribution in [1.29, 1.82) is 0 Å². The molecule has 1 fully saturated rings. The molecule has 0 bridgehead atoms. The molecule has 0 aromatic heterocycles. The summed E-state index contributed by atoms with van der Waals surface area (Å²) in [6, 6.07) is 15.9. The lowest BCUT2D eigenvalue weighted by molar-refractivity contribution is -0.122. The first-order chi connectivity index (χ1) is 10.7. The number of rotatable bonds is 1. The van der Waals surface area contributed by atoms with Crippen LogP contribution < -0.4 is 5.32 Å². The Bertz CT molecular complexity index is 773. The van der Waals surface area contributed by atoms with E-state index in [1.165, 1.54) is 0 Å². The molecule has 2 aliphatic heterocycles. The van der Waals surface area contributed by atoms with Gasteiger partial charge in [0.25, 0.3) is 0 Å². The van der Waals surface area contributed by atoms with E-state index >= 15 is 0 Å². The first kappa shape index (κ1) is 13.3. The minimum Gasteiger partial charge on any atom is -0.347 e. The van der Waals surface area contributed by atoms with Crippen molar-refractivity contribution in [2.75, 3.05) is 13.1 Å². The summed E-state index contributed by atoms with van der Waals surface area (Å²) in [6.45, 7) is 0.772. The highest BCUT2D eigenvalue weighted by Gasteiger charge is 2.34. The molecule has 4 nitrogen and oxygen atoms in total. The monoisotopic (exact) mass is 311 g/mol. The second-order valence-corrected chi connectivity index (χ2v) is 5.89. The Labute approximate surface area is 133 Å². The van der Waals surface area contributed by atoms with Crippen LogP contribution in [0.1, 0.15) is 17.2 Å². The number of amidine groups is 1. The van der Waals surface area contributed by atoms with Gasteiger partial charge >= 0.3 is 0 Å². The molecule has 2 aromatic carbocycles. The lowest BCUT2D eigenvalue weighted by atomic mass is 9.93. The zero-order valence-electron chi connectivity index (χ0n) is 11.8. The van der Waals surface area contributed by atoms with E-state index in [2.05, 4.69) is 27.3 Å². The molecule has 1 saturated heterocycles. The number of carbonyl (C=O) groups is 1. The summed E-state index contributed by atoms with van der Waals surface area (Å²) in [5.74, 6) is 0.911. The summed E-state index contributed by atoms with van der Waals surface area (Å²) in [4.78, 5) is 18.6. The molecule has 2 heterocycles. The molecule has 4 rings (SSSR count). The summed E-state index contributed by atoms with van der Waals surface area (Å²) in [6.07, 6.45) is 0. The summed E-state index contributed by atoms with van der Waals surface area (Å²) in [7, 11) is 0. The average molecular weight is 312 g/mol. The highest BCUT2D eigenvalue weighted by Crippen LogP contribution is 2.40. The number of nitrogens with one attached hydrogen (secondary N) is 1. The maximum Gasteiger partial charge on any atom is 0.239 e. The van der Waals surface area contributed by atoms with Gasteiger partial charge in [-0.25, -0.2) is 4.99 Å². The number of hydrogen-bond acceptors (Lipinski definition) is 3. The van der Waals surface area contributed by atoms with Crippen molar-refractivity contribution < 1.29 is 4.79 Å². The van der Waals surface area contributed by atoms with Crippen molar-refractivity contribution in [3.05, 3.63) is 64.7 Å². The Hall–Kier alpha value is -2.33. The van der Waals surface area contributed by atoms with Gasteiger partial charge in [0.15, 0.2) is 0 Å². The van der Waals surface area contributed by atoms with Crippen LogP contribution >= 0.6 is 11.6 Å². The molecule has 2 aliphatic rings. The van der Waals surface area contributed by atoms with Gasteiger partial charge in [-0.1, -0.05) is 41.9 Å². The van der Waals surface area contributed by atoms with E-state index in [1.54, 1.807) is 0 Å². The topological polar surface area (TPSA) is 44.7 Å². The molecule has 1 N–H and O–H groups in total. The van der Waals surface area contributed by atoms with Gasteiger partial charge in [0.2, 0.25) is 5.91 Å². The van der Waals surface area contributed by atoms with Crippen LogP contribution in [-0.2, 0) is 4.79 Å². The number of fused-ring (bicyclic) bond motifs is 2. The minimum absolute atomic E-state index is 0.0189. The van der Waals surface area contributed by atoms with Crippen LogP contribution in [-0.4, -0.2) is 29.7 Å². The molecule has 0 spiro atoms. The van der Waals surface area contributed by atoms with Crippen LogP contribution in [0, 0.1) is 0 Å². The van der Waals surface area contributed by atoms with E-state index < -0.39 is 0 Å².